The fourth-order valence-electron chi connectivity index (χ4n) is 1.89. The molecule has 0 radical (unpaired) electrons. The fourth-order valence-corrected chi connectivity index (χ4v) is 1.89. The Labute approximate surface area is 80.6 Å². The summed E-state index contributed by atoms with van der Waals surface area (Å²) in [5, 5.41) is 4.11. The van der Waals surface area contributed by atoms with Crippen LogP contribution in [0.5, 0.6) is 5.88 Å². The molecule has 0 unspecified atom stereocenters. The Kier molecular flexibility index (Phi) is 1.47. The first-order chi connectivity index (χ1) is 6.83. The summed E-state index contributed by atoms with van der Waals surface area (Å²) in [6.07, 6.45) is 2.31. The molecular formula is C9H10N2O3. The van der Waals surface area contributed by atoms with E-state index in [2.05, 4.69) is 5.10 Å². The molecule has 0 saturated carbocycles. The van der Waals surface area contributed by atoms with Crippen LogP contribution in [-0.2, 0) is 11.3 Å². The first-order valence-electron chi connectivity index (χ1n) is 4.55. The highest BCUT2D eigenvalue weighted by atomic mass is 16.5. The van der Waals surface area contributed by atoms with Gasteiger partial charge in [-0.1, -0.05) is 0 Å². The van der Waals surface area contributed by atoms with Crippen LogP contribution >= 0.6 is 0 Å². The van der Waals surface area contributed by atoms with E-state index in [0.29, 0.717) is 18.1 Å². The normalized spacial score (nSPS) is 22.3. The number of fused-ring (bicyclic) bond motifs is 1. The number of nitrogens with zero attached hydrogens (tertiary/aromatic N) is 2. The van der Waals surface area contributed by atoms with Gasteiger partial charge in [0.15, 0.2) is 6.29 Å². The average Bonchev–Trinajstić information content (AvgIpc) is 2.56. The summed E-state index contributed by atoms with van der Waals surface area (Å²) < 4.78 is 12.5. The molecule has 2 aliphatic heterocycles. The lowest BCUT2D eigenvalue weighted by molar-refractivity contribution is -0.154. The van der Waals surface area contributed by atoms with Crippen molar-refractivity contribution < 1.29 is 14.3 Å². The Bertz CT molecular complexity index is 381. The SMILES string of the molecule is O=Cc1cnn2c1OCC1(COC1)C2. The van der Waals surface area contributed by atoms with Crippen LogP contribution in [0.1, 0.15) is 10.4 Å². The highest BCUT2D eigenvalue weighted by Crippen LogP contribution is 2.36. The first kappa shape index (κ1) is 7.99. The molecule has 1 spiro atoms. The molecule has 3 heterocycles. The number of carbonyl (C=O) groups excluding carboxylic acids is 1. The van der Waals surface area contributed by atoms with Gasteiger partial charge < -0.3 is 9.47 Å². The molecule has 14 heavy (non-hydrogen) atoms. The molecule has 1 aromatic heterocycles. The number of rotatable bonds is 1. The van der Waals surface area contributed by atoms with Gasteiger partial charge in [-0.15, -0.1) is 0 Å². The quantitative estimate of drug-likeness (QED) is 0.595. The van der Waals surface area contributed by atoms with Crippen LogP contribution in [-0.4, -0.2) is 35.9 Å². The Morgan fingerprint density at radius 3 is 3.00 bits per heavy atom. The lowest BCUT2D eigenvalue weighted by atomic mass is 9.86. The molecule has 0 atom stereocenters. The summed E-state index contributed by atoms with van der Waals surface area (Å²) in [5.41, 5.74) is 0.624. The van der Waals surface area contributed by atoms with Gasteiger partial charge in [0.1, 0.15) is 6.61 Å². The summed E-state index contributed by atoms with van der Waals surface area (Å²) in [7, 11) is 0. The van der Waals surface area contributed by atoms with Crippen molar-refractivity contribution in [3.05, 3.63) is 11.8 Å². The van der Waals surface area contributed by atoms with Gasteiger partial charge in [0, 0.05) is 0 Å². The third-order valence-corrected chi connectivity index (χ3v) is 2.76. The van der Waals surface area contributed by atoms with E-state index in [0.717, 1.165) is 26.0 Å². The molecule has 5 heteroatoms. The van der Waals surface area contributed by atoms with Gasteiger partial charge in [-0.2, -0.15) is 5.10 Å². The number of hydrogen-bond donors (Lipinski definition) is 0. The second-order valence-electron chi connectivity index (χ2n) is 3.96. The van der Waals surface area contributed by atoms with Gasteiger partial charge in [-0.25, -0.2) is 4.68 Å². The Balaban J connectivity index is 1.95. The van der Waals surface area contributed by atoms with Crippen molar-refractivity contribution in [1.29, 1.82) is 0 Å². The van der Waals surface area contributed by atoms with Crippen molar-refractivity contribution in [2.24, 2.45) is 5.41 Å². The van der Waals surface area contributed by atoms with Gasteiger partial charge in [-0.05, 0) is 0 Å². The standard InChI is InChI=1S/C9H10N2O3/c12-2-7-1-10-11-3-9(4-13-5-9)6-14-8(7)11/h1-2H,3-6H2. The van der Waals surface area contributed by atoms with Crippen LogP contribution in [0, 0.1) is 5.41 Å². The summed E-state index contributed by atoms with van der Waals surface area (Å²) in [6.45, 7) is 2.86. The van der Waals surface area contributed by atoms with E-state index >= 15 is 0 Å². The molecule has 74 valence electrons. The number of aromatic nitrogens is 2. The Morgan fingerprint density at radius 2 is 2.36 bits per heavy atom. The predicted octanol–water partition coefficient (Wildman–Crippen LogP) is 0.105. The number of carbonyl (C=O) groups is 1. The van der Waals surface area contributed by atoms with Gasteiger partial charge in [-0.3, -0.25) is 4.79 Å². The summed E-state index contributed by atoms with van der Waals surface area (Å²) >= 11 is 0. The molecule has 0 amide bonds. The van der Waals surface area contributed by atoms with Gasteiger partial charge in [0.05, 0.1) is 36.9 Å². The maximum Gasteiger partial charge on any atom is 0.222 e. The molecule has 1 aromatic rings. The van der Waals surface area contributed by atoms with Gasteiger partial charge in [0.2, 0.25) is 5.88 Å². The molecule has 1 fully saturated rings. The monoisotopic (exact) mass is 194 g/mol. The second-order valence-corrected chi connectivity index (χ2v) is 3.96. The predicted molar refractivity (Wildman–Crippen MR) is 46.4 cm³/mol. The molecule has 5 nitrogen and oxygen atoms in total. The zero-order valence-electron chi connectivity index (χ0n) is 7.60. The van der Waals surface area contributed by atoms with Crippen LogP contribution < -0.4 is 4.74 Å². The fraction of sp³-hybridized carbons (Fsp3) is 0.556. The van der Waals surface area contributed by atoms with Crippen molar-refractivity contribution in [3.8, 4) is 5.88 Å². The van der Waals surface area contributed by atoms with Gasteiger partial charge in [0.25, 0.3) is 0 Å². The summed E-state index contributed by atoms with van der Waals surface area (Å²) in [6, 6.07) is 0. The van der Waals surface area contributed by atoms with Crippen molar-refractivity contribution in [3.63, 3.8) is 0 Å². The van der Waals surface area contributed by atoms with Gasteiger partial charge >= 0.3 is 0 Å². The van der Waals surface area contributed by atoms with Crippen molar-refractivity contribution >= 4 is 6.29 Å². The number of hydrogen-bond acceptors (Lipinski definition) is 4. The summed E-state index contributed by atoms with van der Waals surface area (Å²) in [4.78, 5) is 10.6. The molecule has 0 aromatic carbocycles. The van der Waals surface area contributed by atoms with Crippen LogP contribution in [0.3, 0.4) is 0 Å². The smallest absolute Gasteiger partial charge is 0.222 e. The molecule has 2 aliphatic rings. The van der Waals surface area contributed by atoms with E-state index in [1.807, 2.05) is 0 Å². The third kappa shape index (κ3) is 0.928. The maximum absolute atomic E-state index is 10.6. The van der Waals surface area contributed by atoms with Crippen LogP contribution in [0.4, 0.5) is 0 Å². The van der Waals surface area contributed by atoms with Crippen LogP contribution in [0.2, 0.25) is 0 Å². The minimum Gasteiger partial charge on any atom is -0.476 e. The highest BCUT2D eigenvalue weighted by molar-refractivity contribution is 5.77. The third-order valence-electron chi connectivity index (χ3n) is 2.76. The van der Waals surface area contributed by atoms with E-state index in [1.54, 1.807) is 10.9 Å². The Hall–Kier alpha value is -1.36. The topological polar surface area (TPSA) is 53.4 Å². The van der Waals surface area contributed by atoms with Crippen molar-refractivity contribution in [2.45, 2.75) is 6.54 Å². The maximum atomic E-state index is 10.6. The van der Waals surface area contributed by atoms with E-state index in [1.165, 1.54) is 0 Å². The number of aldehydes is 1. The van der Waals surface area contributed by atoms with E-state index < -0.39 is 0 Å². The second kappa shape index (κ2) is 2.57. The minimum atomic E-state index is 0.0964. The minimum absolute atomic E-state index is 0.0964. The van der Waals surface area contributed by atoms with Crippen molar-refractivity contribution in [1.82, 2.24) is 9.78 Å². The highest BCUT2D eigenvalue weighted by Gasteiger charge is 2.44. The molecule has 3 rings (SSSR count). The van der Waals surface area contributed by atoms with E-state index in [4.69, 9.17) is 9.47 Å². The molecule has 1 saturated heterocycles. The average molecular weight is 194 g/mol. The molecule has 0 N–H and O–H groups in total. The zero-order chi connectivity index (χ0) is 9.60. The molecule has 0 bridgehead atoms. The largest absolute Gasteiger partial charge is 0.476 e. The molecular weight excluding hydrogens is 184 g/mol. The lowest BCUT2D eigenvalue weighted by Gasteiger charge is -2.43. The lowest BCUT2D eigenvalue weighted by Crippen LogP contribution is -2.52. The van der Waals surface area contributed by atoms with E-state index in [-0.39, 0.29) is 5.41 Å². The molecule has 0 aliphatic carbocycles. The zero-order valence-corrected chi connectivity index (χ0v) is 7.60. The van der Waals surface area contributed by atoms with Crippen LogP contribution in [0.25, 0.3) is 0 Å². The Morgan fingerprint density at radius 1 is 1.50 bits per heavy atom. The van der Waals surface area contributed by atoms with Crippen molar-refractivity contribution in [2.75, 3.05) is 19.8 Å². The first-order valence-corrected chi connectivity index (χ1v) is 4.55. The van der Waals surface area contributed by atoms with E-state index in [9.17, 15) is 4.79 Å². The summed E-state index contributed by atoms with van der Waals surface area (Å²) in [5.74, 6) is 0.595. The van der Waals surface area contributed by atoms with Crippen LogP contribution in [0.15, 0.2) is 6.20 Å². The number of ether oxygens (including phenoxy) is 2.